The van der Waals surface area contributed by atoms with Gasteiger partial charge < -0.3 is 0 Å². The smallest absolute Gasteiger partial charge is 0.263 e. The third kappa shape index (κ3) is 4.34. The van der Waals surface area contributed by atoms with Gasteiger partial charge in [0.1, 0.15) is 5.82 Å². The fourth-order valence-corrected chi connectivity index (χ4v) is 3.47. The van der Waals surface area contributed by atoms with E-state index in [0.29, 0.717) is 11.4 Å². The number of imidazole rings is 1. The molecule has 0 radical (unpaired) electrons. The Labute approximate surface area is 188 Å². The lowest BCUT2D eigenvalue weighted by Gasteiger charge is -2.11. The first-order valence-electron chi connectivity index (χ1n) is 10.2. The number of carbonyl (C=O) groups excluding carboxylic acids is 1. The third-order valence-electron chi connectivity index (χ3n) is 5.14. The van der Waals surface area contributed by atoms with Crippen LogP contribution in [0.1, 0.15) is 27.0 Å². The van der Waals surface area contributed by atoms with Crippen LogP contribution < -0.4 is 0 Å². The molecule has 1 aromatic heterocycles. The highest BCUT2D eigenvalue weighted by Gasteiger charge is 2.16. The third-order valence-corrected chi connectivity index (χ3v) is 5.14. The normalized spacial score (nSPS) is 10.6. The minimum atomic E-state index is -0.131. The lowest BCUT2D eigenvalue weighted by Crippen LogP contribution is -2.12. The zero-order valence-electron chi connectivity index (χ0n) is 17.6. The van der Waals surface area contributed by atoms with Gasteiger partial charge in [-0.2, -0.15) is 0 Å². The van der Waals surface area contributed by atoms with E-state index in [1.807, 2.05) is 78.9 Å². The zero-order chi connectivity index (χ0) is 22.3. The van der Waals surface area contributed by atoms with E-state index in [0.717, 1.165) is 27.8 Å². The second kappa shape index (κ2) is 9.57. The van der Waals surface area contributed by atoms with Gasteiger partial charge in [0.15, 0.2) is 0 Å². The van der Waals surface area contributed by atoms with E-state index in [1.54, 1.807) is 35.2 Å². The van der Waals surface area contributed by atoms with Crippen molar-refractivity contribution in [3.63, 3.8) is 0 Å². The molecule has 0 atom stereocenters. The number of benzene rings is 3. The first-order chi connectivity index (χ1) is 15.7. The van der Waals surface area contributed by atoms with Crippen LogP contribution in [0, 0.1) is 0 Å². The van der Waals surface area contributed by atoms with Gasteiger partial charge in [0, 0.05) is 29.1 Å². The molecule has 3 nitrogen and oxygen atoms in total. The van der Waals surface area contributed by atoms with Crippen LogP contribution >= 0.6 is 0 Å². The van der Waals surface area contributed by atoms with Crippen molar-refractivity contribution in [2.24, 2.45) is 0 Å². The highest BCUT2D eigenvalue weighted by molar-refractivity contribution is 5.98. The highest BCUT2D eigenvalue weighted by atomic mass is 16.2. The minimum Gasteiger partial charge on any atom is -0.268 e. The van der Waals surface area contributed by atoms with E-state index in [4.69, 9.17) is 0 Å². The molecule has 0 bridgehead atoms. The molecule has 3 heteroatoms. The van der Waals surface area contributed by atoms with E-state index in [2.05, 4.69) is 23.9 Å². The Morgan fingerprint density at radius 1 is 0.938 bits per heavy atom. The van der Waals surface area contributed by atoms with Crippen molar-refractivity contribution in [2.75, 3.05) is 0 Å². The largest absolute Gasteiger partial charge is 0.268 e. The van der Waals surface area contributed by atoms with Gasteiger partial charge in [-0.15, -0.1) is 5.73 Å². The minimum absolute atomic E-state index is 0.131. The van der Waals surface area contributed by atoms with Crippen LogP contribution in [-0.4, -0.2) is 15.5 Å². The number of rotatable bonds is 6. The summed E-state index contributed by atoms with van der Waals surface area (Å²) >= 11 is 0. The SMILES string of the molecule is C=C=C(/C=C\c1ccc(C=C)cc1-c1nccn1C(=O)c1ccccc1)c1ccccc1. The predicted molar refractivity (Wildman–Crippen MR) is 132 cm³/mol. The van der Waals surface area contributed by atoms with Crippen LogP contribution in [-0.2, 0) is 0 Å². The van der Waals surface area contributed by atoms with Crippen LogP contribution in [0.5, 0.6) is 0 Å². The molecule has 1 heterocycles. The molecular weight excluding hydrogens is 392 g/mol. The first-order valence-corrected chi connectivity index (χ1v) is 10.2. The summed E-state index contributed by atoms with van der Waals surface area (Å²) in [5, 5.41) is 0. The van der Waals surface area contributed by atoms with Crippen LogP contribution in [0.3, 0.4) is 0 Å². The lowest BCUT2D eigenvalue weighted by atomic mass is 10.00. The van der Waals surface area contributed by atoms with Gasteiger partial charge in [0.25, 0.3) is 5.91 Å². The Balaban J connectivity index is 1.78. The summed E-state index contributed by atoms with van der Waals surface area (Å²) in [5.74, 6) is 0.444. The Bertz CT molecular complexity index is 1340. The molecule has 0 saturated carbocycles. The van der Waals surface area contributed by atoms with Crippen molar-refractivity contribution < 1.29 is 4.79 Å². The number of hydrogen-bond acceptors (Lipinski definition) is 2. The predicted octanol–water partition coefficient (Wildman–Crippen LogP) is 6.76. The van der Waals surface area contributed by atoms with E-state index in [9.17, 15) is 4.79 Å². The second-order valence-corrected chi connectivity index (χ2v) is 7.13. The quantitative estimate of drug-likeness (QED) is 0.258. The Morgan fingerprint density at radius 3 is 2.28 bits per heavy atom. The molecule has 0 aliphatic heterocycles. The lowest BCUT2D eigenvalue weighted by molar-refractivity contribution is 0.0961. The molecule has 0 N–H and O–H groups in total. The van der Waals surface area contributed by atoms with Crippen molar-refractivity contribution in [2.45, 2.75) is 0 Å². The van der Waals surface area contributed by atoms with Crippen molar-refractivity contribution in [3.8, 4) is 11.4 Å². The standard InChI is InChI=1S/C29H22N2O/c1-3-22-15-16-25(18-17-23(4-2)24-11-7-5-8-12-24)27(21-22)28-30-19-20-31(28)29(32)26-13-9-6-10-14-26/h3,5-21H,1-2H2/b18-17-. The number of carbonyl (C=O) groups is 1. The molecule has 0 unspecified atom stereocenters. The number of aromatic nitrogens is 2. The van der Waals surface area contributed by atoms with E-state index < -0.39 is 0 Å². The number of allylic oxidation sites excluding steroid dienone is 2. The van der Waals surface area contributed by atoms with E-state index in [-0.39, 0.29) is 5.91 Å². The summed E-state index contributed by atoms with van der Waals surface area (Å²) in [6, 6.07) is 25.1. The maximum atomic E-state index is 13.1. The van der Waals surface area contributed by atoms with Gasteiger partial charge in [-0.05, 0) is 41.0 Å². The fraction of sp³-hybridized carbons (Fsp3) is 0. The molecule has 32 heavy (non-hydrogen) atoms. The van der Waals surface area contributed by atoms with E-state index >= 15 is 0 Å². The molecule has 0 spiro atoms. The Hall–Kier alpha value is -4.46. The molecule has 154 valence electrons. The number of hydrogen-bond donors (Lipinski definition) is 0. The van der Waals surface area contributed by atoms with Crippen molar-refractivity contribution >= 4 is 23.6 Å². The summed E-state index contributed by atoms with van der Waals surface area (Å²) < 4.78 is 1.58. The summed E-state index contributed by atoms with van der Waals surface area (Å²) in [4.78, 5) is 17.6. The molecule has 4 aromatic rings. The highest BCUT2D eigenvalue weighted by Crippen LogP contribution is 2.27. The molecule has 0 saturated heterocycles. The zero-order valence-corrected chi connectivity index (χ0v) is 17.6. The van der Waals surface area contributed by atoms with Gasteiger partial charge >= 0.3 is 0 Å². The van der Waals surface area contributed by atoms with Crippen LogP contribution in [0.15, 0.2) is 116 Å². The molecule has 0 aliphatic rings. The monoisotopic (exact) mass is 414 g/mol. The molecule has 0 aliphatic carbocycles. The van der Waals surface area contributed by atoms with Gasteiger partial charge in [-0.3, -0.25) is 9.36 Å². The number of nitrogens with zero attached hydrogens (tertiary/aromatic N) is 2. The second-order valence-electron chi connectivity index (χ2n) is 7.13. The fourth-order valence-electron chi connectivity index (χ4n) is 3.47. The van der Waals surface area contributed by atoms with Gasteiger partial charge in [0.05, 0.1) is 0 Å². The van der Waals surface area contributed by atoms with Gasteiger partial charge in [-0.1, -0.05) is 86.0 Å². The van der Waals surface area contributed by atoms with Crippen LogP contribution in [0.4, 0.5) is 0 Å². The summed E-state index contributed by atoms with van der Waals surface area (Å²) in [7, 11) is 0. The molecule has 0 amide bonds. The van der Waals surface area contributed by atoms with Gasteiger partial charge in [0.2, 0.25) is 0 Å². The van der Waals surface area contributed by atoms with Crippen LogP contribution in [0.25, 0.3) is 29.1 Å². The van der Waals surface area contributed by atoms with Crippen LogP contribution in [0.2, 0.25) is 0 Å². The van der Waals surface area contributed by atoms with Crippen molar-refractivity contribution in [3.05, 3.63) is 138 Å². The Morgan fingerprint density at radius 2 is 1.62 bits per heavy atom. The summed E-state index contributed by atoms with van der Waals surface area (Å²) in [6.07, 6.45) is 9.08. The van der Waals surface area contributed by atoms with Gasteiger partial charge in [-0.25, -0.2) is 4.98 Å². The molecule has 0 fully saturated rings. The van der Waals surface area contributed by atoms with Crippen molar-refractivity contribution in [1.82, 2.24) is 9.55 Å². The molecule has 4 rings (SSSR count). The first kappa shape index (κ1) is 20.8. The average molecular weight is 415 g/mol. The van der Waals surface area contributed by atoms with E-state index in [1.165, 1.54) is 0 Å². The topological polar surface area (TPSA) is 34.9 Å². The summed E-state index contributed by atoms with van der Waals surface area (Å²) in [6.45, 7) is 7.71. The molecule has 3 aromatic carbocycles. The maximum absolute atomic E-state index is 13.1. The van der Waals surface area contributed by atoms with Crippen molar-refractivity contribution in [1.29, 1.82) is 0 Å². The molecular formula is C29H22N2O. The Kier molecular flexibility index (Phi) is 6.22. The summed E-state index contributed by atoms with van der Waals surface area (Å²) in [5.41, 5.74) is 8.23. The maximum Gasteiger partial charge on any atom is 0.263 e. The average Bonchev–Trinajstić information content (AvgIpc) is 3.35.